The smallest absolute Gasteiger partial charge is 0.269 e. The van der Waals surface area contributed by atoms with Crippen LogP contribution >= 0.6 is 23.4 Å². The molecule has 30 heavy (non-hydrogen) atoms. The van der Waals surface area contributed by atoms with Crippen molar-refractivity contribution in [2.45, 2.75) is 31.0 Å². The highest BCUT2D eigenvalue weighted by Crippen LogP contribution is 2.39. The molecule has 1 N–H and O–H groups in total. The van der Waals surface area contributed by atoms with Crippen LogP contribution in [0.25, 0.3) is 11.3 Å². The van der Waals surface area contributed by atoms with Gasteiger partial charge >= 0.3 is 0 Å². The van der Waals surface area contributed by atoms with Gasteiger partial charge in [0, 0.05) is 30.8 Å². The van der Waals surface area contributed by atoms with E-state index in [1.807, 2.05) is 37.4 Å². The molecular formula is C21H22ClN5O2S. The maximum Gasteiger partial charge on any atom is 0.269 e. The summed E-state index contributed by atoms with van der Waals surface area (Å²) in [5, 5.41) is 8.52. The van der Waals surface area contributed by atoms with Gasteiger partial charge in [-0.1, -0.05) is 30.3 Å². The Morgan fingerprint density at radius 3 is 2.97 bits per heavy atom. The van der Waals surface area contributed by atoms with E-state index in [9.17, 15) is 4.79 Å². The first kappa shape index (κ1) is 20.7. The van der Waals surface area contributed by atoms with E-state index in [0.29, 0.717) is 34.6 Å². The molecule has 0 saturated heterocycles. The fourth-order valence-corrected chi connectivity index (χ4v) is 4.10. The normalized spacial score (nSPS) is 15.0. The number of halogens is 1. The molecule has 1 aliphatic rings. The largest absolute Gasteiger partial charge is 0.486 e. The quantitative estimate of drug-likeness (QED) is 0.463. The summed E-state index contributed by atoms with van der Waals surface area (Å²) in [7, 11) is 1.77. The molecule has 0 saturated carbocycles. The van der Waals surface area contributed by atoms with Crippen LogP contribution in [0.15, 0.2) is 35.6 Å². The molecule has 0 radical (unpaired) electrons. The Bertz CT molecular complexity index is 1100. The summed E-state index contributed by atoms with van der Waals surface area (Å²) in [6.45, 7) is 2.39. The Morgan fingerprint density at radius 2 is 2.23 bits per heavy atom. The minimum atomic E-state index is -0.178. The first-order valence-electron chi connectivity index (χ1n) is 9.66. The van der Waals surface area contributed by atoms with Gasteiger partial charge in [-0.05, 0) is 36.9 Å². The minimum Gasteiger partial charge on any atom is -0.486 e. The first-order valence-corrected chi connectivity index (χ1v) is 11.3. The zero-order chi connectivity index (χ0) is 21.3. The molecule has 0 aliphatic carbocycles. The lowest BCUT2D eigenvalue weighted by Crippen LogP contribution is -2.35. The standard InChI is InChI=1S/C21H22ClN5O2S/c1-4-14-10-18(27(2)26-14)20(28)24-11-15-8-13-7-12(9-16(22)19(13)29-15)17-5-6-23-21(25-17)30-3/h5-7,9-10,15H,4,8,11H2,1-3H3,(H,24,28)/t15-/m0/s1. The van der Waals surface area contributed by atoms with Gasteiger partial charge in [0.25, 0.3) is 5.91 Å². The third-order valence-corrected chi connectivity index (χ3v) is 5.82. The van der Waals surface area contributed by atoms with E-state index in [0.717, 1.165) is 28.9 Å². The highest BCUT2D eigenvalue weighted by atomic mass is 35.5. The second-order valence-electron chi connectivity index (χ2n) is 7.03. The highest BCUT2D eigenvalue weighted by Gasteiger charge is 2.27. The molecule has 0 bridgehead atoms. The molecule has 4 rings (SSSR count). The summed E-state index contributed by atoms with van der Waals surface area (Å²) in [5.74, 6) is 0.509. The summed E-state index contributed by atoms with van der Waals surface area (Å²) in [6, 6.07) is 7.58. The van der Waals surface area contributed by atoms with Crippen molar-refractivity contribution >= 4 is 29.3 Å². The minimum absolute atomic E-state index is 0.165. The summed E-state index contributed by atoms with van der Waals surface area (Å²) >= 11 is 7.98. The Hall–Kier alpha value is -2.58. The van der Waals surface area contributed by atoms with E-state index in [1.165, 1.54) is 11.8 Å². The first-order chi connectivity index (χ1) is 14.5. The number of carbonyl (C=O) groups excluding carboxylic acids is 1. The van der Waals surface area contributed by atoms with Gasteiger partial charge < -0.3 is 10.1 Å². The van der Waals surface area contributed by atoms with Crippen molar-refractivity contribution in [2.24, 2.45) is 7.05 Å². The number of amides is 1. The number of fused-ring (bicyclic) bond motifs is 1. The van der Waals surface area contributed by atoms with Crippen LogP contribution in [-0.2, 0) is 19.9 Å². The Balaban J connectivity index is 1.46. The number of rotatable bonds is 6. The molecule has 0 fully saturated rings. The molecule has 3 aromatic rings. The lowest BCUT2D eigenvalue weighted by Gasteiger charge is -2.12. The fraction of sp³-hybridized carbons (Fsp3) is 0.333. The van der Waals surface area contributed by atoms with Crippen molar-refractivity contribution in [3.8, 4) is 17.0 Å². The molecule has 0 spiro atoms. The van der Waals surface area contributed by atoms with E-state index < -0.39 is 0 Å². The van der Waals surface area contributed by atoms with Crippen molar-refractivity contribution in [3.05, 3.63) is 52.4 Å². The molecule has 1 amide bonds. The van der Waals surface area contributed by atoms with Crippen LogP contribution in [-0.4, -0.2) is 44.6 Å². The van der Waals surface area contributed by atoms with Gasteiger partial charge in [0.2, 0.25) is 0 Å². The summed E-state index contributed by atoms with van der Waals surface area (Å²) in [4.78, 5) is 21.3. The zero-order valence-corrected chi connectivity index (χ0v) is 18.5. The molecule has 1 aromatic carbocycles. The average molecular weight is 444 g/mol. The van der Waals surface area contributed by atoms with Crippen molar-refractivity contribution in [1.29, 1.82) is 0 Å². The molecule has 7 nitrogen and oxygen atoms in total. The van der Waals surface area contributed by atoms with E-state index in [2.05, 4.69) is 20.4 Å². The van der Waals surface area contributed by atoms with E-state index in [4.69, 9.17) is 16.3 Å². The predicted octanol–water partition coefficient (Wildman–Crippen LogP) is 3.55. The fourth-order valence-electron chi connectivity index (χ4n) is 3.46. The molecule has 3 heterocycles. The number of carbonyl (C=O) groups is 1. The van der Waals surface area contributed by atoms with Gasteiger partial charge in [0.15, 0.2) is 5.16 Å². The molecular weight excluding hydrogens is 422 g/mol. The Kier molecular flexibility index (Phi) is 5.97. The topological polar surface area (TPSA) is 81.9 Å². The molecule has 1 aliphatic heterocycles. The number of nitrogens with one attached hydrogen (secondary N) is 1. The average Bonchev–Trinajstić information content (AvgIpc) is 3.35. The second kappa shape index (κ2) is 8.65. The van der Waals surface area contributed by atoms with Crippen LogP contribution in [0.4, 0.5) is 0 Å². The number of hydrogen-bond donors (Lipinski definition) is 1. The number of ether oxygens (including phenoxy) is 1. The molecule has 0 unspecified atom stereocenters. The van der Waals surface area contributed by atoms with Gasteiger partial charge in [-0.3, -0.25) is 9.48 Å². The third-order valence-electron chi connectivity index (χ3n) is 4.98. The van der Waals surface area contributed by atoms with Crippen LogP contribution in [0, 0.1) is 0 Å². The van der Waals surface area contributed by atoms with E-state index in [1.54, 1.807) is 17.9 Å². The zero-order valence-electron chi connectivity index (χ0n) is 17.0. The van der Waals surface area contributed by atoms with Gasteiger partial charge in [-0.15, -0.1) is 0 Å². The predicted molar refractivity (Wildman–Crippen MR) is 117 cm³/mol. The van der Waals surface area contributed by atoms with Crippen molar-refractivity contribution in [3.63, 3.8) is 0 Å². The number of aryl methyl sites for hydroxylation is 2. The van der Waals surface area contributed by atoms with Crippen LogP contribution in [0.5, 0.6) is 5.75 Å². The highest BCUT2D eigenvalue weighted by molar-refractivity contribution is 7.98. The Labute approximate surface area is 184 Å². The summed E-state index contributed by atoms with van der Waals surface area (Å²) < 4.78 is 7.61. The van der Waals surface area contributed by atoms with Crippen molar-refractivity contribution < 1.29 is 9.53 Å². The number of benzene rings is 1. The number of nitrogens with zero attached hydrogens (tertiary/aromatic N) is 4. The summed E-state index contributed by atoms with van der Waals surface area (Å²) in [6.07, 6.45) is 4.95. The lowest BCUT2D eigenvalue weighted by atomic mass is 10.0. The Morgan fingerprint density at radius 1 is 1.40 bits per heavy atom. The van der Waals surface area contributed by atoms with Crippen LogP contribution < -0.4 is 10.1 Å². The molecule has 156 valence electrons. The van der Waals surface area contributed by atoms with Gasteiger partial charge in [-0.25, -0.2) is 9.97 Å². The van der Waals surface area contributed by atoms with Crippen molar-refractivity contribution in [1.82, 2.24) is 25.1 Å². The lowest BCUT2D eigenvalue weighted by molar-refractivity contribution is 0.0924. The van der Waals surface area contributed by atoms with Crippen molar-refractivity contribution in [2.75, 3.05) is 12.8 Å². The van der Waals surface area contributed by atoms with Crippen LogP contribution in [0.3, 0.4) is 0 Å². The monoisotopic (exact) mass is 443 g/mol. The molecule has 1 atom stereocenters. The maximum atomic E-state index is 12.5. The van der Waals surface area contributed by atoms with Gasteiger partial charge in [0.05, 0.1) is 23.0 Å². The van der Waals surface area contributed by atoms with E-state index >= 15 is 0 Å². The van der Waals surface area contributed by atoms with Crippen LogP contribution in [0.1, 0.15) is 28.7 Å². The number of hydrogen-bond acceptors (Lipinski definition) is 6. The third kappa shape index (κ3) is 4.15. The number of thioether (sulfide) groups is 1. The van der Waals surface area contributed by atoms with E-state index in [-0.39, 0.29) is 12.0 Å². The van der Waals surface area contributed by atoms with Crippen LogP contribution in [0.2, 0.25) is 5.02 Å². The van der Waals surface area contributed by atoms with Gasteiger partial charge in [0.1, 0.15) is 17.5 Å². The maximum absolute atomic E-state index is 12.5. The SMILES string of the molecule is CCc1cc(C(=O)NC[C@@H]2Cc3cc(-c4ccnc(SC)n4)cc(Cl)c3O2)n(C)n1. The summed E-state index contributed by atoms with van der Waals surface area (Å²) in [5.41, 5.74) is 4.18. The van der Waals surface area contributed by atoms with Gasteiger partial charge in [-0.2, -0.15) is 5.10 Å². The second-order valence-corrected chi connectivity index (χ2v) is 8.21. The molecule has 9 heteroatoms. The number of aromatic nitrogens is 4. The molecule has 2 aromatic heterocycles.